The van der Waals surface area contributed by atoms with E-state index in [0.29, 0.717) is 5.82 Å². The average Bonchev–Trinajstić information content (AvgIpc) is 3.69. The van der Waals surface area contributed by atoms with Gasteiger partial charge in [-0.2, -0.15) is 0 Å². The summed E-state index contributed by atoms with van der Waals surface area (Å²) < 4.78 is 5.63. The van der Waals surface area contributed by atoms with Gasteiger partial charge >= 0.3 is 0 Å². The van der Waals surface area contributed by atoms with Gasteiger partial charge in [0.05, 0.1) is 18.3 Å². The van der Waals surface area contributed by atoms with Crippen LogP contribution < -0.4 is 10.6 Å². The Morgan fingerprint density at radius 3 is 2.71 bits per heavy atom. The van der Waals surface area contributed by atoms with Gasteiger partial charge in [-0.3, -0.25) is 9.69 Å². The molecule has 174 valence electrons. The normalized spacial score (nSPS) is 18.2. The van der Waals surface area contributed by atoms with E-state index in [-0.39, 0.29) is 17.9 Å². The zero-order chi connectivity index (χ0) is 23.5. The van der Waals surface area contributed by atoms with Crippen molar-refractivity contribution in [2.45, 2.75) is 32.4 Å². The van der Waals surface area contributed by atoms with Gasteiger partial charge in [0, 0.05) is 61.3 Å². The van der Waals surface area contributed by atoms with Crippen LogP contribution in [0.3, 0.4) is 0 Å². The predicted molar refractivity (Wildman–Crippen MR) is 134 cm³/mol. The Balaban J connectivity index is 1.36. The predicted octanol–water partition coefficient (Wildman–Crippen LogP) is 3.64. The van der Waals surface area contributed by atoms with E-state index >= 15 is 0 Å². The zero-order valence-corrected chi connectivity index (χ0v) is 19.6. The molecule has 1 saturated heterocycles. The Labute approximate surface area is 199 Å². The van der Waals surface area contributed by atoms with E-state index in [1.54, 1.807) is 12.4 Å². The molecule has 1 aliphatic heterocycles. The molecule has 5 rings (SSSR count). The molecule has 1 aromatic carbocycles. The van der Waals surface area contributed by atoms with Crippen molar-refractivity contribution in [1.82, 2.24) is 14.9 Å². The lowest BCUT2D eigenvalue weighted by Crippen LogP contribution is -2.40. The molecule has 1 aliphatic carbocycles. The van der Waals surface area contributed by atoms with Gasteiger partial charge in [-0.15, -0.1) is 0 Å². The molecule has 7 heteroatoms. The van der Waals surface area contributed by atoms with Crippen LogP contribution in [-0.4, -0.2) is 53.6 Å². The van der Waals surface area contributed by atoms with E-state index in [0.717, 1.165) is 66.8 Å². The summed E-state index contributed by atoms with van der Waals surface area (Å²) in [6.45, 7) is 5.76. The number of morpholine rings is 1. The molecule has 3 aromatic rings. The number of aromatic nitrogens is 2. The van der Waals surface area contributed by atoms with Crippen molar-refractivity contribution >= 4 is 28.3 Å². The first-order valence-electron chi connectivity index (χ1n) is 11.8. The number of carbonyl (C=O) groups is 1. The van der Waals surface area contributed by atoms with Crippen molar-refractivity contribution < 1.29 is 9.53 Å². The number of benzene rings is 1. The Bertz CT molecular complexity index is 1260. The molecule has 7 nitrogen and oxygen atoms in total. The summed E-state index contributed by atoms with van der Waals surface area (Å²) in [5.74, 6) is 7.97. The first-order chi connectivity index (χ1) is 16.6. The molecule has 2 fully saturated rings. The molecule has 2 aromatic heterocycles. The Hall–Kier alpha value is -3.47. The number of nitrogens with zero attached hydrogens (tertiary/aromatic N) is 3. The third kappa shape index (κ3) is 5.19. The summed E-state index contributed by atoms with van der Waals surface area (Å²) in [5.41, 5.74) is 3.01. The highest BCUT2D eigenvalue weighted by atomic mass is 16.5. The van der Waals surface area contributed by atoms with Crippen LogP contribution in [0.5, 0.6) is 0 Å². The summed E-state index contributed by atoms with van der Waals surface area (Å²) >= 11 is 0. The maximum Gasteiger partial charge on any atom is 0.228 e. The molecule has 0 radical (unpaired) electrons. The van der Waals surface area contributed by atoms with Crippen molar-refractivity contribution in [3.8, 4) is 11.8 Å². The summed E-state index contributed by atoms with van der Waals surface area (Å²) in [6, 6.07) is 10.3. The van der Waals surface area contributed by atoms with E-state index in [1.807, 2.05) is 13.1 Å². The monoisotopic (exact) mass is 455 g/mol. The molecule has 1 atom stereocenters. The van der Waals surface area contributed by atoms with Crippen LogP contribution in [0.1, 0.15) is 36.5 Å². The minimum atomic E-state index is 0.0361. The molecule has 34 heavy (non-hydrogen) atoms. The van der Waals surface area contributed by atoms with Gasteiger partial charge in [-0.05, 0) is 43.5 Å². The molecule has 1 saturated carbocycles. The first kappa shape index (κ1) is 22.3. The highest BCUT2D eigenvalue weighted by Crippen LogP contribution is 2.31. The molecule has 0 unspecified atom stereocenters. The van der Waals surface area contributed by atoms with Crippen LogP contribution in [0.4, 0.5) is 11.6 Å². The Morgan fingerprint density at radius 2 is 1.97 bits per heavy atom. The average molecular weight is 456 g/mol. The number of rotatable bonds is 5. The van der Waals surface area contributed by atoms with Gasteiger partial charge in [-0.1, -0.05) is 24.0 Å². The van der Waals surface area contributed by atoms with Gasteiger partial charge in [0.25, 0.3) is 0 Å². The SMILES string of the molecule is CNc1ncc(C#Cc2ccc(CN3CCO[C@@H](C)C3)cc2)c2cc(NC(=O)C3CC3)ncc12. The van der Waals surface area contributed by atoms with E-state index in [4.69, 9.17) is 4.74 Å². The van der Waals surface area contributed by atoms with Gasteiger partial charge in [-0.25, -0.2) is 9.97 Å². The number of hydrogen-bond donors (Lipinski definition) is 2. The van der Waals surface area contributed by atoms with Gasteiger partial charge in [0.1, 0.15) is 11.6 Å². The van der Waals surface area contributed by atoms with Crippen LogP contribution >= 0.6 is 0 Å². The molecule has 0 spiro atoms. The number of amides is 1. The minimum absolute atomic E-state index is 0.0361. The number of nitrogens with one attached hydrogen (secondary N) is 2. The van der Waals surface area contributed by atoms with Crippen molar-refractivity contribution in [1.29, 1.82) is 0 Å². The molecule has 1 amide bonds. The largest absolute Gasteiger partial charge is 0.376 e. The maximum atomic E-state index is 12.2. The lowest BCUT2D eigenvalue weighted by molar-refractivity contribution is -0.117. The van der Waals surface area contributed by atoms with E-state index in [2.05, 4.69) is 68.5 Å². The lowest BCUT2D eigenvalue weighted by atomic mass is 10.1. The van der Waals surface area contributed by atoms with E-state index in [9.17, 15) is 4.79 Å². The van der Waals surface area contributed by atoms with Crippen molar-refractivity contribution in [3.05, 3.63) is 59.4 Å². The smallest absolute Gasteiger partial charge is 0.228 e. The van der Waals surface area contributed by atoms with Crippen molar-refractivity contribution in [2.75, 3.05) is 37.4 Å². The summed E-state index contributed by atoms with van der Waals surface area (Å²) in [4.78, 5) is 23.5. The second kappa shape index (κ2) is 9.80. The van der Waals surface area contributed by atoms with Crippen LogP contribution in [0.2, 0.25) is 0 Å². The number of anilines is 2. The zero-order valence-electron chi connectivity index (χ0n) is 19.6. The Morgan fingerprint density at radius 1 is 1.15 bits per heavy atom. The quantitative estimate of drug-likeness (QED) is 0.572. The highest BCUT2D eigenvalue weighted by Gasteiger charge is 2.29. The second-order valence-electron chi connectivity index (χ2n) is 9.01. The topological polar surface area (TPSA) is 79.4 Å². The number of carbonyl (C=O) groups excluding carboxylic acids is 1. The summed E-state index contributed by atoms with van der Waals surface area (Å²) in [7, 11) is 1.83. The molecular weight excluding hydrogens is 426 g/mol. The summed E-state index contributed by atoms with van der Waals surface area (Å²) in [5, 5.41) is 7.81. The van der Waals surface area contributed by atoms with E-state index < -0.39 is 0 Å². The summed E-state index contributed by atoms with van der Waals surface area (Å²) in [6.07, 6.45) is 5.70. The fraction of sp³-hybridized carbons (Fsp3) is 0.370. The highest BCUT2D eigenvalue weighted by molar-refractivity contribution is 5.99. The van der Waals surface area contributed by atoms with E-state index in [1.165, 1.54) is 5.56 Å². The number of fused-ring (bicyclic) bond motifs is 1. The molecule has 2 N–H and O–H groups in total. The van der Waals surface area contributed by atoms with Crippen LogP contribution in [0.25, 0.3) is 10.8 Å². The fourth-order valence-corrected chi connectivity index (χ4v) is 4.20. The number of hydrogen-bond acceptors (Lipinski definition) is 6. The number of pyridine rings is 2. The molecule has 0 bridgehead atoms. The lowest BCUT2D eigenvalue weighted by Gasteiger charge is -2.31. The molecule has 3 heterocycles. The van der Waals surface area contributed by atoms with Gasteiger partial charge in [0.2, 0.25) is 5.91 Å². The first-order valence-corrected chi connectivity index (χ1v) is 11.8. The van der Waals surface area contributed by atoms with Crippen LogP contribution in [0, 0.1) is 17.8 Å². The van der Waals surface area contributed by atoms with Crippen LogP contribution in [0.15, 0.2) is 42.7 Å². The van der Waals surface area contributed by atoms with Gasteiger partial charge < -0.3 is 15.4 Å². The third-order valence-corrected chi connectivity index (χ3v) is 6.24. The van der Waals surface area contributed by atoms with Crippen molar-refractivity contribution in [3.63, 3.8) is 0 Å². The molecular formula is C27H29N5O2. The van der Waals surface area contributed by atoms with Gasteiger partial charge in [0.15, 0.2) is 0 Å². The second-order valence-corrected chi connectivity index (χ2v) is 9.01. The maximum absolute atomic E-state index is 12.2. The standard InChI is InChI=1S/C27H29N5O2/c1-18-16-32(11-12-34-18)17-20-5-3-19(4-6-20)7-8-22-14-30-26(28-2)24-15-29-25(13-23(22)24)31-27(33)21-9-10-21/h3-6,13-15,18,21H,9-12,16-17H2,1-2H3,(H,28,30)(H,29,31,33)/t18-/m0/s1. The fourth-order valence-electron chi connectivity index (χ4n) is 4.20. The third-order valence-electron chi connectivity index (χ3n) is 6.24. The number of ether oxygens (including phenoxy) is 1. The molecule has 2 aliphatic rings. The van der Waals surface area contributed by atoms with Crippen LogP contribution in [-0.2, 0) is 16.1 Å². The Kier molecular flexibility index (Phi) is 6.43. The van der Waals surface area contributed by atoms with Crippen molar-refractivity contribution in [2.24, 2.45) is 5.92 Å². The minimum Gasteiger partial charge on any atom is -0.376 e.